The molecule has 0 heterocycles. The predicted octanol–water partition coefficient (Wildman–Crippen LogP) is 1.25. The molecule has 2 N–H and O–H groups in total. The summed E-state index contributed by atoms with van der Waals surface area (Å²) >= 11 is 0. The lowest BCUT2D eigenvalue weighted by atomic mass is 10.1. The van der Waals surface area contributed by atoms with Gasteiger partial charge >= 0.3 is 0 Å². The summed E-state index contributed by atoms with van der Waals surface area (Å²) in [7, 11) is -3.26. The van der Waals surface area contributed by atoms with E-state index < -0.39 is 20.5 Å². The molecule has 5 nitrogen and oxygen atoms in total. The molecule has 0 unspecified atom stereocenters. The third-order valence-electron chi connectivity index (χ3n) is 3.15. The van der Waals surface area contributed by atoms with Crippen LogP contribution in [-0.4, -0.2) is 37.0 Å². The molecule has 0 saturated heterocycles. The van der Waals surface area contributed by atoms with Gasteiger partial charge in [0, 0.05) is 18.4 Å². The monoisotopic (exact) mass is 285 g/mol. The molecule has 0 aromatic heterocycles. The van der Waals surface area contributed by atoms with Crippen molar-refractivity contribution in [2.24, 2.45) is 0 Å². The molecular formula is C13H19NO4S. The second-order valence-electron chi connectivity index (χ2n) is 5.22. The highest BCUT2D eigenvalue weighted by molar-refractivity contribution is 7.92. The largest absolute Gasteiger partial charge is 0.508 e. The summed E-state index contributed by atoms with van der Waals surface area (Å²) in [4.78, 5) is 11.9. The van der Waals surface area contributed by atoms with E-state index in [1.165, 1.54) is 6.07 Å². The maximum Gasteiger partial charge on any atom is 0.251 e. The maximum absolute atomic E-state index is 11.9. The molecule has 19 heavy (non-hydrogen) atoms. The summed E-state index contributed by atoms with van der Waals surface area (Å²) in [6.45, 7) is 4.84. The van der Waals surface area contributed by atoms with Gasteiger partial charge in [-0.15, -0.1) is 0 Å². The number of hydrogen-bond donors (Lipinski definition) is 2. The van der Waals surface area contributed by atoms with Gasteiger partial charge in [-0.1, -0.05) is 6.07 Å². The van der Waals surface area contributed by atoms with Crippen LogP contribution in [0.5, 0.6) is 5.75 Å². The van der Waals surface area contributed by atoms with Crippen molar-refractivity contribution in [1.29, 1.82) is 0 Å². The van der Waals surface area contributed by atoms with Crippen molar-refractivity contribution in [3.8, 4) is 5.75 Å². The Labute approximate surface area is 113 Å². The van der Waals surface area contributed by atoms with E-state index in [1.807, 2.05) is 0 Å². The summed E-state index contributed by atoms with van der Waals surface area (Å²) in [6.07, 6.45) is 1.14. The van der Waals surface area contributed by atoms with Gasteiger partial charge < -0.3 is 10.4 Å². The highest BCUT2D eigenvalue weighted by Gasteiger charge is 2.30. The first-order chi connectivity index (χ1) is 8.54. The number of aromatic hydroxyl groups is 1. The topological polar surface area (TPSA) is 83.5 Å². The lowest BCUT2D eigenvalue weighted by Crippen LogP contribution is -2.43. The SMILES string of the molecule is Cc1ccc(C(=O)NCC(C)(C)S(C)(=O)=O)cc1O. The number of phenols is 1. The first-order valence-electron chi connectivity index (χ1n) is 5.82. The van der Waals surface area contributed by atoms with Crippen molar-refractivity contribution < 1.29 is 18.3 Å². The van der Waals surface area contributed by atoms with Crippen LogP contribution in [0.2, 0.25) is 0 Å². The maximum atomic E-state index is 11.9. The standard InChI is InChI=1S/C13H19NO4S/c1-9-5-6-10(7-11(9)15)12(16)14-8-13(2,3)19(4,17)18/h5-7,15H,8H2,1-4H3,(H,14,16). The fraction of sp³-hybridized carbons (Fsp3) is 0.462. The van der Waals surface area contributed by atoms with E-state index in [4.69, 9.17) is 0 Å². The molecule has 0 atom stereocenters. The zero-order chi connectivity index (χ0) is 14.8. The van der Waals surface area contributed by atoms with Crippen LogP contribution in [0.25, 0.3) is 0 Å². The van der Waals surface area contributed by atoms with Crippen molar-refractivity contribution in [1.82, 2.24) is 5.32 Å². The van der Waals surface area contributed by atoms with Gasteiger partial charge in [-0.25, -0.2) is 8.42 Å². The van der Waals surface area contributed by atoms with Crippen LogP contribution in [-0.2, 0) is 9.84 Å². The Balaban J connectivity index is 2.79. The van der Waals surface area contributed by atoms with Gasteiger partial charge in [-0.3, -0.25) is 4.79 Å². The Kier molecular flexibility index (Phi) is 4.25. The Bertz CT molecular complexity index is 591. The van der Waals surface area contributed by atoms with Crippen molar-refractivity contribution in [3.05, 3.63) is 29.3 Å². The first kappa shape index (κ1) is 15.5. The van der Waals surface area contributed by atoms with Crippen LogP contribution in [0, 0.1) is 6.92 Å². The number of carbonyl (C=O) groups is 1. The molecule has 6 heteroatoms. The average molecular weight is 285 g/mol. The summed E-state index contributed by atoms with van der Waals surface area (Å²) in [5.74, 6) is -0.373. The fourth-order valence-electron chi connectivity index (χ4n) is 1.28. The molecule has 1 amide bonds. The number of aryl methyl sites for hydroxylation is 1. The molecule has 1 aromatic rings. The highest BCUT2D eigenvalue weighted by atomic mass is 32.2. The Morgan fingerprint density at radius 1 is 1.37 bits per heavy atom. The van der Waals surface area contributed by atoms with E-state index in [0.29, 0.717) is 11.1 Å². The Hall–Kier alpha value is -1.56. The summed E-state index contributed by atoms with van der Waals surface area (Å²) in [5, 5.41) is 12.1. The summed E-state index contributed by atoms with van der Waals surface area (Å²) < 4.78 is 22.0. The molecule has 106 valence electrons. The van der Waals surface area contributed by atoms with Gasteiger partial charge in [-0.05, 0) is 38.5 Å². The lowest BCUT2D eigenvalue weighted by Gasteiger charge is -2.22. The number of nitrogens with one attached hydrogen (secondary N) is 1. The van der Waals surface area contributed by atoms with Crippen LogP contribution in [0.15, 0.2) is 18.2 Å². The second kappa shape index (κ2) is 5.21. The molecule has 1 aromatic carbocycles. The number of benzene rings is 1. The molecule has 0 fully saturated rings. The molecule has 0 spiro atoms. The average Bonchev–Trinajstić information content (AvgIpc) is 2.28. The third kappa shape index (κ3) is 3.70. The second-order valence-corrected chi connectivity index (χ2v) is 7.87. The van der Waals surface area contributed by atoms with E-state index in [-0.39, 0.29) is 12.3 Å². The quantitative estimate of drug-likeness (QED) is 0.872. The summed E-state index contributed by atoms with van der Waals surface area (Å²) in [6, 6.07) is 4.57. The number of amides is 1. The molecule has 0 aliphatic rings. The van der Waals surface area contributed by atoms with Gasteiger partial charge in [0.25, 0.3) is 5.91 Å². The number of phenolic OH excluding ortho intramolecular Hbond substituents is 1. The van der Waals surface area contributed by atoms with Gasteiger partial charge in [0.1, 0.15) is 5.75 Å². The van der Waals surface area contributed by atoms with Crippen molar-refractivity contribution in [2.45, 2.75) is 25.5 Å². The molecular weight excluding hydrogens is 266 g/mol. The van der Waals surface area contributed by atoms with E-state index in [2.05, 4.69) is 5.32 Å². The van der Waals surface area contributed by atoms with E-state index >= 15 is 0 Å². The molecule has 0 aliphatic heterocycles. The van der Waals surface area contributed by atoms with Crippen LogP contribution >= 0.6 is 0 Å². The highest BCUT2D eigenvalue weighted by Crippen LogP contribution is 2.18. The van der Waals surface area contributed by atoms with Gasteiger partial charge in [0.05, 0.1) is 4.75 Å². The first-order valence-corrected chi connectivity index (χ1v) is 7.71. The molecule has 0 radical (unpaired) electrons. The molecule has 0 saturated carbocycles. The van der Waals surface area contributed by atoms with Gasteiger partial charge in [0.15, 0.2) is 9.84 Å². The molecule has 0 aliphatic carbocycles. The van der Waals surface area contributed by atoms with Crippen LogP contribution in [0.3, 0.4) is 0 Å². The third-order valence-corrected chi connectivity index (χ3v) is 5.30. The minimum Gasteiger partial charge on any atom is -0.508 e. The minimum atomic E-state index is -3.26. The number of sulfone groups is 1. The smallest absolute Gasteiger partial charge is 0.251 e. The van der Waals surface area contributed by atoms with Crippen LogP contribution in [0.4, 0.5) is 0 Å². The van der Waals surface area contributed by atoms with Gasteiger partial charge in [-0.2, -0.15) is 0 Å². The Morgan fingerprint density at radius 2 is 1.95 bits per heavy atom. The zero-order valence-electron chi connectivity index (χ0n) is 11.5. The van der Waals surface area contributed by atoms with E-state index in [0.717, 1.165) is 6.26 Å². The molecule has 1 rings (SSSR count). The number of carbonyl (C=O) groups excluding carboxylic acids is 1. The van der Waals surface area contributed by atoms with Crippen LogP contribution in [0.1, 0.15) is 29.8 Å². The minimum absolute atomic E-state index is 0.0132. The van der Waals surface area contributed by atoms with Crippen molar-refractivity contribution in [3.63, 3.8) is 0 Å². The number of rotatable bonds is 4. The lowest BCUT2D eigenvalue weighted by molar-refractivity contribution is 0.0950. The van der Waals surface area contributed by atoms with Gasteiger partial charge in [0.2, 0.25) is 0 Å². The van der Waals surface area contributed by atoms with E-state index in [1.54, 1.807) is 32.9 Å². The van der Waals surface area contributed by atoms with Crippen molar-refractivity contribution >= 4 is 15.7 Å². The van der Waals surface area contributed by atoms with E-state index in [9.17, 15) is 18.3 Å². The zero-order valence-corrected chi connectivity index (χ0v) is 12.3. The summed E-state index contributed by atoms with van der Waals surface area (Å²) in [5.41, 5.74) is 0.973. The predicted molar refractivity (Wildman–Crippen MR) is 74.1 cm³/mol. The Morgan fingerprint density at radius 3 is 2.42 bits per heavy atom. The molecule has 0 bridgehead atoms. The van der Waals surface area contributed by atoms with Crippen LogP contribution < -0.4 is 5.32 Å². The fourth-order valence-corrected chi connectivity index (χ4v) is 1.61. The normalized spacial score (nSPS) is 12.2. The van der Waals surface area contributed by atoms with Crippen molar-refractivity contribution in [2.75, 3.05) is 12.8 Å². The number of hydrogen-bond acceptors (Lipinski definition) is 4.